The summed E-state index contributed by atoms with van der Waals surface area (Å²) in [4.78, 5) is 4.00. The normalized spacial score (nSPS) is 9.93. The smallest absolute Gasteiger partial charge is 0.158 e. The Hall–Kier alpha value is 0.0800. The number of pyridine rings is 1. The molecule has 0 aliphatic heterocycles. The van der Waals surface area contributed by atoms with E-state index >= 15 is 0 Å². The highest BCUT2D eigenvalue weighted by Crippen LogP contribution is 2.22. The molecule has 0 saturated heterocycles. The van der Waals surface area contributed by atoms with Crippen LogP contribution in [0, 0.1) is 13.2 Å². The second-order valence-corrected chi connectivity index (χ2v) is 4.52. The highest BCUT2D eigenvalue weighted by molar-refractivity contribution is 14.1. The van der Waals surface area contributed by atoms with Gasteiger partial charge >= 0.3 is 0 Å². The first-order chi connectivity index (χ1) is 6.65. The van der Waals surface area contributed by atoms with Crippen LogP contribution in [0.5, 0.6) is 5.75 Å². The van der Waals surface area contributed by atoms with Crippen LogP contribution in [0.4, 0.5) is 4.39 Å². The number of halogens is 3. The Morgan fingerprint density at radius 2 is 2.21 bits per heavy atom. The molecule has 76 valence electrons. The fourth-order valence-electron chi connectivity index (χ4n) is 0.782. The third-order valence-corrected chi connectivity index (χ3v) is 2.96. The zero-order valence-electron chi connectivity index (χ0n) is 7.27. The Kier molecular flexibility index (Phi) is 5.07. The Morgan fingerprint density at radius 1 is 1.50 bits per heavy atom. The van der Waals surface area contributed by atoms with Crippen LogP contribution in [0.25, 0.3) is 0 Å². The van der Waals surface area contributed by atoms with E-state index in [9.17, 15) is 4.39 Å². The highest BCUT2D eigenvalue weighted by Gasteiger charge is 2.08. The minimum Gasteiger partial charge on any atom is -0.490 e. The largest absolute Gasteiger partial charge is 0.490 e. The van der Waals surface area contributed by atoms with Gasteiger partial charge in [0.1, 0.15) is 7.40 Å². The third-order valence-electron chi connectivity index (χ3n) is 1.43. The van der Waals surface area contributed by atoms with E-state index in [-0.39, 0.29) is 5.82 Å². The average Bonchev–Trinajstić information content (AvgIpc) is 2.14. The quantitative estimate of drug-likeness (QED) is 0.323. The molecule has 2 nitrogen and oxygen atoms in total. The predicted octanol–water partition coefficient (Wildman–Crippen LogP) is 3.38. The number of hydrogen-bond donors (Lipinski definition) is 0. The number of rotatable bonds is 4. The Labute approximate surface area is 109 Å². The molecule has 0 aliphatic rings. The van der Waals surface area contributed by atoms with Crippen molar-refractivity contribution in [1.82, 2.24) is 4.98 Å². The summed E-state index contributed by atoms with van der Waals surface area (Å²) in [6.45, 7) is 4.07. The van der Waals surface area contributed by atoms with Gasteiger partial charge in [-0.1, -0.05) is 6.08 Å². The van der Waals surface area contributed by atoms with Gasteiger partial charge in [-0.3, -0.25) is 0 Å². The van der Waals surface area contributed by atoms with E-state index in [1.54, 1.807) is 6.08 Å². The van der Waals surface area contributed by atoms with E-state index in [2.05, 4.69) is 11.6 Å². The van der Waals surface area contributed by atoms with Crippen molar-refractivity contribution in [2.24, 2.45) is 0 Å². The summed E-state index contributed by atoms with van der Waals surface area (Å²) in [5.41, 5.74) is 0. The molecule has 0 saturated carbocycles. The van der Waals surface area contributed by atoms with E-state index in [1.165, 1.54) is 6.07 Å². The molecule has 1 aromatic heterocycles. The van der Waals surface area contributed by atoms with Gasteiger partial charge in [0.25, 0.3) is 0 Å². The molecule has 0 fully saturated rings. The standard InChI is InChI=1S/C9H8FI2NO/c1-2-3-4-14-7-5-6(10)8(11)13-9(7)12/h2,5H,1,3-4H2. The van der Waals surface area contributed by atoms with Crippen molar-refractivity contribution in [3.63, 3.8) is 0 Å². The minimum absolute atomic E-state index is 0.348. The van der Waals surface area contributed by atoms with Gasteiger partial charge in [-0.25, -0.2) is 9.37 Å². The minimum atomic E-state index is -0.348. The summed E-state index contributed by atoms with van der Waals surface area (Å²) in [6.07, 6.45) is 2.49. The molecule has 1 aromatic rings. The molecule has 0 spiro atoms. The van der Waals surface area contributed by atoms with E-state index in [0.717, 1.165) is 6.42 Å². The molecule has 0 unspecified atom stereocenters. The second kappa shape index (κ2) is 5.84. The van der Waals surface area contributed by atoms with Crippen LogP contribution in [0.15, 0.2) is 18.7 Å². The lowest BCUT2D eigenvalue weighted by molar-refractivity contribution is 0.318. The van der Waals surface area contributed by atoms with Crippen molar-refractivity contribution in [1.29, 1.82) is 0 Å². The monoisotopic (exact) mass is 419 g/mol. The summed E-state index contributed by atoms with van der Waals surface area (Å²) in [5.74, 6) is 0.144. The molecule has 0 aliphatic carbocycles. The van der Waals surface area contributed by atoms with Crippen LogP contribution in [-0.2, 0) is 0 Å². The van der Waals surface area contributed by atoms with Crippen LogP contribution >= 0.6 is 45.2 Å². The number of hydrogen-bond acceptors (Lipinski definition) is 2. The summed E-state index contributed by atoms with van der Waals surface area (Å²) in [7, 11) is 0. The Bertz CT molecular complexity index is 344. The van der Waals surface area contributed by atoms with Gasteiger partial charge in [0.15, 0.2) is 11.6 Å². The first-order valence-electron chi connectivity index (χ1n) is 3.90. The van der Waals surface area contributed by atoms with Gasteiger partial charge in [-0.2, -0.15) is 0 Å². The zero-order chi connectivity index (χ0) is 10.6. The van der Waals surface area contributed by atoms with Gasteiger partial charge in [-0.15, -0.1) is 6.58 Å². The van der Waals surface area contributed by atoms with Crippen LogP contribution in [-0.4, -0.2) is 11.6 Å². The number of nitrogens with zero attached hydrogens (tertiary/aromatic N) is 1. The lowest BCUT2D eigenvalue weighted by Crippen LogP contribution is -2.01. The van der Waals surface area contributed by atoms with E-state index in [0.29, 0.717) is 19.8 Å². The summed E-state index contributed by atoms with van der Waals surface area (Å²) in [5, 5.41) is 0. The highest BCUT2D eigenvalue weighted by atomic mass is 127. The van der Waals surface area contributed by atoms with Crippen molar-refractivity contribution in [2.75, 3.05) is 6.61 Å². The van der Waals surface area contributed by atoms with Crippen LogP contribution in [0.1, 0.15) is 6.42 Å². The van der Waals surface area contributed by atoms with Crippen molar-refractivity contribution >= 4 is 45.2 Å². The average molecular weight is 419 g/mol. The Morgan fingerprint density at radius 3 is 2.86 bits per heavy atom. The summed E-state index contributed by atoms with van der Waals surface area (Å²) in [6, 6.07) is 1.36. The molecule has 14 heavy (non-hydrogen) atoms. The van der Waals surface area contributed by atoms with Crippen molar-refractivity contribution in [3.8, 4) is 5.75 Å². The molecular formula is C9H8FI2NO. The maximum absolute atomic E-state index is 13.1. The van der Waals surface area contributed by atoms with Crippen molar-refractivity contribution in [3.05, 3.63) is 31.9 Å². The topological polar surface area (TPSA) is 22.1 Å². The zero-order valence-corrected chi connectivity index (χ0v) is 11.6. The number of ether oxygens (including phenoxy) is 1. The maximum Gasteiger partial charge on any atom is 0.158 e. The molecule has 0 amide bonds. The van der Waals surface area contributed by atoms with Crippen molar-refractivity contribution < 1.29 is 9.13 Å². The van der Waals surface area contributed by atoms with Gasteiger partial charge in [0.2, 0.25) is 0 Å². The van der Waals surface area contributed by atoms with Gasteiger partial charge < -0.3 is 4.74 Å². The Balaban J connectivity index is 2.76. The predicted molar refractivity (Wildman–Crippen MR) is 69.9 cm³/mol. The molecule has 0 atom stereocenters. The van der Waals surface area contributed by atoms with E-state index in [4.69, 9.17) is 4.74 Å². The van der Waals surface area contributed by atoms with E-state index in [1.807, 2.05) is 45.2 Å². The molecule has 1 heterocycles. The fraction of sp³-hybridized carbons (Fsp3) is 0.222. The van der Waals surface area contributed by atoms with Gasteiger partial charge in [-0.05, 0) is 51.6 Å². The van der Waals surface area contributed by atoms with Crippen LogP contribution in [0.2, 0.25) is 0 Å². The van der Waals surface area contributed by atoms with Gasteiger partial charge in [0.05, 0.1) is 6.61 Å². The molecule has 0 aromatic carbocycles. The lowest BCUT2D eigenvalue weighted by Gasteiger charge is -2.06. The molecule has 0 radical (unpaired) electrons. The molecule has 0 N–H and O–H groups in total. The molecule has 5 heteroatoms. The maximum atomic E-state index is 13.1. The second-order valence-electron chi connectivity index (χ2n) is 2.48. The third kappa shape index (κ3) is 3.34. The van der Waals surface area contributed by atoms with Crippen molar-refractivity contribution in [2.45, 2.75) is 6.42 Å². The fourth-order valence-corrected chi connectivity index (χ4v) is 2.19. The van der Waals surface area contributed by atoms with Crippen LogP contribution < -0.4 is 4.74 Å². The van der Waals surface area contributed by atoms with Gasteiger partial charge in [0, 0.05) is 6.07 Å². The summed E-state index contributed by atoms with van der Waals surface area (Å²) >= 11 is 3.87. The van der Waals surface area contributed by atoms with E-state index < -0.39 is 0 Å². The summed E-state index contributed by atoms with van der Waals surface area (Å²) < 4.78 is 19.5. The SMILES string of the molecule is C=CCCOc1cc(F)c(I)nc1I. The molecule has 1 rings (SSSR count). The number of aromatic nitrogens is 1. The van der Waals surface area contributed by atoms with Crippen LogP contribution in [0.3, 0.4) is 0 Å². The molecule has 0 bridgehead atoms. The first-order valence-corrected chi connectivity index (χ1v) is 6.06. The lowest BCUT2D eigenvalue weighted by atomic mass is 10.4. The first kappa shape index (κ1) is 12.2. The molecular weight excluding hydrogens is 411 g/mol.